The average molecular weight is 461 g/mol. The third-order valence-electron chi connectivity index (χ3n) is 4.35. The molecule has 2 N–H and O–H groups in total. The minimum atomic E-state index is -4.78. The summed E-state index contributed by atoms with van der Waals surface area (Å²) in [4.78, 5) is 36.7. The number of benzene rings is 3. The number of rotatable bonds is 8. The fraction of sp³-hybridized carbons (Fsp3) is 0.130. The first kappa shape index (κ1) is 25.8. The van der Waals surface area contributed by atoms with Crippen LogP contribution in [-0.2, 0) is 15.8 Å². The topological polar surface area (TPSA) is 119 Å². The summed E-state index contributed by atoms with van der Waals surface area (Å²) in [6, 6.07) is 17.6. The van der Waals surface area contributed by atoms with Crippen LogP contribution in [0.25, 0.3) is 0 Å². The van der Waals surface area contributed by atoms with E-state index in [1.54, 1.807) is 42.5 Å². The third kappa shape index (κ3) is 7.05. The van der Waals surface area contributed by atoms with Crippen LogP contribution in [-0.4, -0.2) is 11.7 Å². The standard InChI is InChI=1S/C23H22NO6P.Na/c1-15-10-16(2)12-20(11-15)30-31(27,28)29-19-8-9-21(18(13-19)14-22(24)25)23(26)17-6-4-3-5-7-17;/h3-13H,14H2,1-2H3,(H2,24,25)(H,27,28);/q;+1/p-1. The molecule has 7 nitrogen and oxygen atoms in total. The van der Waals surface area contributed by atoms with Crippen molar-refractivity contribution in [3.8, 4) is 11.5 Å². The zero-order valence-corrected chi connectivity index (χ0v) is 20.9. The number of amides is 1. The second-order valence-electron chi connectivity index (χ2n) is 7.11. The Morgan fingerprint density at radius 3 is 2.09 bits per heavy atom. The molecule has 0 heterocycles. The van der Waals surface area contributed by atoms with Gasteiger partial charge in [0.15, 0.2) is 5.78 Å². The van der Waals surface area contributed by atoms with Crippen molar-refractivity contribution in [1.29, 1.82) is 0 Å². The van der Waals surface area contributed by atoms with Crippen molar-refractivity contribution in [3.63, 3.8) is 0 Å². The van der Waals surface area contributed by atoms with Crippen molar-refractivity contribution in [2.24, 2.45) is 5.73 Å². The zero-order valence-electron chi connectivity index (χ0n) is 18.0. The smallest absolute Gasteiger partial charge is 0.736 e. The molecule has 160 valence electrons. The van der Waals surface area contributed by atoms with E-state index in [-0.39, 0.29) is 64.4 Å². The zero-order chi connectivity index (χ0) is 22.6. The number of carbonyl (C=O) groups is 2. The first-order valence-corrected chi connectivity index (χ1v) is 10.9. The van der Waals surface area contributed by atoms with E-state index in [0.717, 1.165) is 11.1 Å². The molecule has 9 heteroatoms. The van der Waals surface area contributed by atoms with Gasteiger partial charge in [-0.3, -0.25) is 9.59 Å². The monoisotopic (exact) mass is 461 g/mol. The van der Waals surface area contributed by atoms with Crippen LogP contribution in [0, 0.1) is 13.8 Å². The second kappa shape index (κ2) is 10.9. The molecule has 0 saturated carbocycles. The Morgan fingerprint density at radius 1 is 0.906 bits per heavy atom. The number of nitrogens with two attached hydrogens (primary N) is 1. The van der Waals surface area contributed by atoms with Crippen LogP contribution >= 0.6 is 7.82 Å². The normalized spacial score (nSPS) is 12.2. The summed E-state index contributed by atoms with van der Waals surface area (Å²) in [5.41, 5.74) is 7.89. The Bertz CT molecular complexity index is 1160. The number of phosphoric ester groups is 1. The molecule has 0 aliphatic carbocycles. The molecule has 0 aliphatic rings. The minimum absolute atomic E-state index is 0. The van der Waals surface area contributed by atoms with E-state index in [0.29, 0.717) is 5.56 Å². The number of carbonyl (C=O) groups excluding carboxylic acids is 2. The van der Waals surface area contributed by atoms with E-state index in [1.807, 2.05) is 19.9 Å². The predicted molar refractivity (Wildman–Crippen MR) is 114 cm³/mol. The Labute approximate surface area is 208 Å². The van der Waals surface area contributed by atoms with E-state index in [9.17, 15) is 19.0 Å². The Balaban J connectivity index is 0.00000363. The van der Waals surface area contributed by atoms with Gasteiger partial charge in [-0.15, -0.1) is 0 Å². The van der Waals surface area contributed by atoms with E-state index in [2.05, 4.69) is 0 Å². The second-order valence-corrected chi connectivity index (χ2v) is 8.37. The number of primary amides is 1. The van der Waals surface area contributed by atoms with E-state index >= 15 is 0 Å². The van der Waals surface area contributed by atoms with Gasteiger partial charge < -0.3 is 19.7 Å². The number of phosphoric acid groups is 1. The molecule has 3 aromatic rings. The van der Waals surface area contributed by atoms with Crippen LogP contribution in [0.5, 0.6) is 11.5 Å². The maximum Gasteiger partial charge on any atom is 1.00 e. The summed E-state index contributed by atoms with van der Waals surface area (Å²) in [5.74, 6) is -0.955. The van der Waals surface area contributed by atoms with Crippen molar-refractivity contribution in [1.82, 2.24) is 0 Å². The first-order chi connectivity index (χ1) is 14.6. The number of hydrogen-bond acceptors (Lipinski definition) is 6. The molecular formula is C23H21NNaO6P. The van der Waals surface area contributed by atoms with Crippen LogP contribution in [0.15, 0.2) is 66.7 Å². The van der Waals surface area contributed by atoms with Gasteiger partial charge in [0.25, 0.3) is 0 Å². The first-order valence-electron chi connectivity index (χ1n) is 9.42. The number of aryl methyl sites for hydroxylation is 2. The summed E-state index contributed by atoms with van der Waals surface area (Å²) in [6.45, 7) is 3.63. The Hall–Kier alpha value is -2.41. The third-order valence-corrected chi connectivity index (χ3v) is 5.22. The fourth-order valence-electron chi connectivity index (χ4n) is 3.19. The van der Waals surface area contributed by atoms with Crippen molar-refractivity contribution >= 4 is 19.5 Å². The molecule has 0 aromatic heterocycles. The SMILES string of the molecule is Cc1cc(C)cc(OP(=O)([O-])Oc2ccc(C(=O)c3ccccc3)c(CC(N)=O)c2)c1.[Na+]. The average Bonchev–Trinajstić information content (AvgIpc) is 2.66. The van der Waals surface area contributed by atoms with E-state index in [4.69, 9.17) is 14.8 Å². The number of hydrogen-bond donors (Lipinski definition) is 1. The largest absolute Gasteiger partial charge is 1.00 e. The van der Waals surface area contributed by atoms with Gasteiger partial charge in [-0.25, -0.2) is 4.57 Å². The summed E-state index contributed by atoms with van der Waals surface area (Å²) in [7, 11) is -4.78. The van der Waals surface area contributed by atoms with Crippen LogP contribution in [0.1, 0.15) is 32.6 Å². The minimum Gasteiger partial charge on any atom is -0.736 e. The molecule has 0 spiro atoms. The van der Waals surface area contributed by atoms with Gasteiger partial charge in [-0.05, 0) is 60.9 Å². The Kier molecular flexibility index (Phi) is 8.84. The van der Waals surface area contributed by atoms with Gasteiger partial charge in [0.2, 0.25) is 5.91 Å². The van der Waals surface area contributed by atoms with Crippen LogP contribution in [0.2, 0.25) is 0 Å². The molecule has 0 bridgehead atoms. The van der Waals surface area contributed by atoms with Crippen molar-refractivity contribution in [2.75, 3.05) is 0 Å². The summed E-state index contributed by atoms with van der Waals surface area (Å²) < 4.78 is 22.5. The molecule has 3 aromatic carbocycles. The molecule has 0 fully saturated rings. The van der Waals surface area contributed by atoms with Gasteiger partial charge >= 0.3 is 37.4 Å². The van der Waals surface area contributed by atoms with E-state index < -0.39 is 13.7 Å². The molecule has 1 unspecified atom stereocenters. The van der Waals surface area contributed by atoms with Gasteiger partial charge in [-0.1, -0.05) is 36.4 Å². The maximum atomic E-state index is 12.8. The fourth-order valence-corrected chi connectivity index (χ4v) is 3.96. The number of ketones is 1. The van der Waals surface area contributed by atoms with Crippen LogP contribution in [0.4, 0.5) is 0 Å². The molecule has 1 amide bonds. The van der Waals surface area contributed by atoms with Gasteiger partial charge in [0, 0.05) is 11.1 Å². The molecule has 0 aliphatic heterocycles. The summed E-state index contributed by atoms with van der Waals surface area (Å²) in [6.07, 6.45) is -0.258. The molecular weight excluding hydrogens is 440 g/mol. The predicted octanol–water partition coefficient (Wildman–Crippen LogP) is 0.492. The maximum absolute atomic E-state index is 12.8. The van der Waals surface area contributed by atoms with Crippen molar-refractivity contribution < 1.29 is 57.7 Å². The van der Waals surface area contributed by atoms with Crippen molar-refractivity contribution in [2.45, 2.75) is 20.3 Å². The Morgan fingerprint density at radius 2 is 1.50 bits per heavy atom. The molecule has 32 heavy (non-hydrogen) atoms. The van der Waals surface area contributed by atoms with Crippen LogP contribution < -0.4 is 49.2 Å². The summed E-state index contributed by atoms with van der Waals surface area (Å²) in [5, 5.41) is 0. The van der Waals surface area contributed by atoms with Gasteiger partial charge in [0.1, 0.15) is 11.5 Å². The van der Waals surface area contributed by atoms with E-state index in [1.165, 1.54) is 18.2 Å². The van der Waals surface area contributed by atoms with Gasteiger partial charge in [0.05, 0.1) is 6.42 Å². The van der Waals surface area contributed by atoms with Crippen molar-refractivity contribution in [3.05, 3.63) is 94.5 Å². The molecule has 0 saturated heterocycles. The van der Waals surface area contributed by atoms with Gasteiger partial charge in [-0.2, -0.15) is 0 Å². The molecule has 0 radical (unpaired) electrons. The summed E-state index contributed by atoms with van der Waals surface area (Å²) >= 11 is 0. The quantitative estimate of drug-likeness (QED) is 0.296. The van der Waals surface area contributed by atoms with Crippen LogP contribution in [0.3, 0.4) is 0 Å². The molecule has 3 rings (SSSR count). The molecule has 1 atom stereocenters.